The Morgan fingerprint density at radius 2 is 1.73 bits per heavy atom. The number of hydrogen-bond donors (Lipinski definition) is 1. The molecule has 2 heterocycles. The second kappa shape index (κ2) is 10.8. The number of piperazine rings is 1. The number of likely N-dealkylation sites (N-methyl/N-ethyl adjacent to an activating group) is 1. The quantitative estimate of drug-likeness (QED) is 0.539. The molecule has 3 aromatic rings. The van der Waals surface area contributed by atoms with Gasteiger partial charge in [0.15, 0.2) is 11.7 Å². The van der Waals surface area contributed by atoms with Gasteiger partial charge >= 0.3 is 0 Å². The average molecular weight is 447 g/mol. The number of carbonyl (C=O) groups is 1. The van der Waals surface area contributed by atoms with Crippen LogP contribution in [0.25, 0.3) is 11.3 Å². The molecule has 1 aliphatic heterocycles. The van der Waals surface area contributed by atoms with E-state index in [-0.39, 0.29) is 5.91 Å². The third kappa shape index (κ3) is 6.53. The van der Waals surface area contributed by atoms with Crippen molar-refractivity contribution in [3.8, 4) is 11.3 Å². The van der Waals surface area contributed by atoms with Crippen LogP contribution in [0, 0.1) is 0 Å². The Kier molecular flexibility index (Phi) is 7.57. The van der Waals surface area contributed by atoms with Crippen molar-refractivity contribution in [1.82, 2.24) is 14.8 Å². The summed E-state index contributed by atoms with van der Waals surface area (Å²) in [6.45, 7) is 9.73. The Bertz CT molecular complexity index is 1030. The third-order valence-corrected chi connectivity index (χ3v) is 6.22. The molecule has 0 atom stereocenters. The predicted molar refractivity (Wildman–Crippen MR) is 132 cm³/mol. The van der Waals surface area contributed by atoms with Crippen molar-refractivity contribution in [2.75, 3.05) is 38.5 Å². The zero-order valence-electron chi connectivity index (χ0n) is 19.9. The van der Waals surface area contributed by atoms with E-state index in [1.807, 2.05) is 12.1 Å². The monoisotopic (exact) mass is 446 g/mol. The predicted octanol–water partition coefficient (Wildman–Crippen LogP) is 4.78. The smallest absolute Gasteiger partial charge is 0.224 e. The van der Waals surface area contributed by atoms with Crippen LogP contribution in [0.3, 0.4) is 0 Å². The maximum absolute atomic E-state index is 12.4. The van der Waals surface area contributed by atoms with Gasteiger partial charge < -0.3 is 14.6 Å². The Labute approximate surface area is 196 Å². The number of aromatic nitrogens is 1. The van der Waals surface area contributed by atoms with Gasteiger partial charge in [0.05, 0.1) is 6.20 Å². The number of amides is 1. The topological polar surface area (TPSA) is 61.6 Å². The van der Waals surface area contributed by atoms with Crippen LogP contribution in [-0.4, -0.2) is 53.9 Å². The Hall–Kier alpha value is -2.96. The van der Waals surface area contributed by atoms with E-state index in [0.717, 1.165) is 49.7 Å². The van der Waals surface area contributed by atoms with Crippen LogP contribution in [0.2, 0.25) is 0 Å². The van der Waals surface area contributed by atoms with Gasteiger partial charge in [-0.15, -0.1) is 0 Å². The SMILES string of the molecule is CC(C)c1ccc(-c2cnc(CCC(=O)Nc3ccc(CN4CCN(C)CC4)cc3)o2)cc1. The summed E-state index contributed by atoms with van der Waals surface area (Å²) in [7, 11) is 2.17. The van der Waals surface area contributed by atoms with Crippen LogP contribution >= 0.6 is 0 Å². The largest absolute Gasteiger partial charge is 0.441 e. The first-order chi connectivity index (χ1) is 16.0. The van der Waals surface area contributed by atoms with Gasteiger partial charge in [-0.2, -0.15) is 0 Å². The summed E-state index contributed by atoms with van der Waals surface area (Å²) >= 11 is 0. The molecular weight excluding hydrogens is 412 g/mol. The maximum Gasteiger partial charge on any atom is 0.224 e. The number of nitrogens with zero attached hydrogens (tertiary/aromatic N) is 3. The highest BCUT2D eigenvalue weighted by atomic mass is 16.4. The lowest BCUT2D eigenvalue weighted by Crippen LogP contribution is -2.43. The van der Waals surface area contributed by atoms with E-state index in [2.05, 4.69) is 77.4 Å². The molecule has 1 N–H and O–H groups in total. The summed E-state index contributed by atoms with van der Waals surface area (Å²) < 4.78 is 5.87. The number of hydrogen-bond acceptors (Lipinski definition) is 5. The van der Waals surface area contributed by atoms with Crippen molar-refractivity contribution >= 4 is 11.6 Å². The molecule has 0 aliphatic carbocycles. The minimum Gasteiger partial charge on any atom is -0.441 e. The molecule has 0 bridgehead atoms. The lowest BCUT2D eigenvalue weighted by molar-refractivity contribution is -0.116. The van der Waals surface area contributed by atoms with Gasteiger partial charge in [-0.05, 0) is 36.2 Å². The van der Waals surface area contributed by atoms with Gasteiger partial charge in [0.2, 0.25) is 5.91 Å². The summed E-state index contributed by atoms with van der Waals surface area (Å²) in [5.41, 5.74) is 4.38. The van der Waals surface area contributed by atoms with Gasteiger partial charge in [-0.3, -0.25) is 9.69 Å². The molecule has 174 valence electrons. The number of benzene rings is 2. The molecular formula is C27H34N4O2. The van der Waals surface area contributed by atoms with Crippen LogP contribution in [-0.2, 0) is 17.8 Å². The molecule has 2 aromatic carbocycles. The van der Waals surface area contributed by atoms with Gasteiger partial charge in [0.25, 0.3) is 0 Å². The van der Waals surface area contributed by atoms with Gasteiger partial charge in [0.1, 0.15) is 0 Å². The molecule has 6 nitrogen and oxygen atoms in total. The summed E-state index contributed by atoms with van der Waals surface area (Å²) in [6, 6.07) is 16.5. The second-order valence-electron chi connectivity index (χ2n) is 9.22. The molecule has 1 fully saturated rings. The van der Waals surface area contributed by atoms with E-state index in [4.69, 9.17) is 4.42 Å². The first-order valence-electron chi connectivity index (χ1n) is 11.8. The van der Waals surface area contributed by atoms with Crippen molar-refractivity contribution in [1.29, 1.82) is 0 Å². The number of carbonyl (C=O) groups excluding carboxylic acids is 1. The average Bonchev–Trinajstić information content (AvgIpc) is 3.30. The van der Waals surface area contributed by atoms with Crippen LogP contribution in [0.4, 0.5) is 5.69 Å². The lowest BCUT2D eigenvalue weighted by atomic mass is 10.0. The first-order valence-corrected chi connectivity index (χ1v) is 11.8. The Morgan fingerprint density at radius 1 is 1.03 bits per heavy atom. The second-order valence-corrected chi connectivity index (χ2v) is 9.22. The van der Waals surface area contributed by atoms with Crippen molar-refractivity contribution in [2.24, 2.45) is 0 Å². The highest BCUT2D eigenvalue weighted by Gasteiger charge is 2.14. The van der Waals surface area contributed by atoms with Crippen LogP contribution in [0.5, 0.6) is 0 Å². The summed E-state index contributed by atoms with van der Waals surface area (Å²) in [5, 5.41) is 2.98. The molecule has 0 spiro atoms. The van der Waals surface area contributed by atoms with Gasteiger partial charge in [-0.25, -0.2) is 4.98 Å². The highest BCUT2D eigenvalue weighted by Crippen LogP contribution is 2.24. The fourth-order valence-corrected chi connectivity index (χ4v) is 3.99. The van der Waals surface area contributed by atoms with Crippen LogP contribution in [0.1, 0.15) is 43.2 Å². The molecule has 1 aliphatic rings. The first kappa shape index (κ1) is 23.2. The molecule has 1 saturated heterocycles. The Morgan fingerprint density at radius 3 is 2.39 bits per heavy atom. The fraction of sp³-hybridized carbons (Fsp3) is 0.407. The van der Waals surface area contributed by atoms with Gasteiger partial charge in [0, 0.05) is 56.8 Å². The van der Waals surface area contributed by atoms with Crippen molar-refractivity contribution < 1.29 is 9.21 Å². The normalized spacial score (nSPS) is 15.2. The maximum atomic E-state index is 12.4. The molecule has 0 saturated carbocycles. The van der Waals surface area contributed by atoms with E-state index in [9.17, 15) is 4.79 Å². The highest BCUT2D eigenvalue weighted by molar-refractivity contribution is 5.90. The molecule has 1 amide bonds. The number of anilines is 1. The molecule has 4 rings (SSSR count). The van der Waals surface area contributed by atoms with Gasteiger partial charge in [-0.1, -0.05) is 50.2 Å². The number of nitrogens with one attached hydrogen (secondary N) is 1. The van der Waals surface area contributed by atoms with E-state index >= 15 is 0 Å². The summed E-state index contributed by atoms with van der Waals surface area (Å²) in [6.07, 6.45) is 2.53. The van der Waals surface area contributed by atoms with E-state index in [0.29, 0.717) is 24.7 Å². The van der Waals surface area contributed by atoms with Crippen molar-refractivity contribution in [3.63, 3.8) is 0 Å². The van der Waals surface area contributed by atoms with Crippen molar-refractivity contribution in [2.45, 2.75) is 39.2 Å². The van der Waals surface area contributed by atoms with E-state index in [1.165, 1.54) is 11.1 Å². The van der Waals surface area contributed by atoms with E-state index in [1.54, 1.807) is 6.20 Å². The summed E-state index contributed by atoms with van der Waals surface area (Å²) in [5.74, 6) is 1.77. The number of aryl methyl sites for hydroxylation is 1. The zero-order valence-corrected chi connectivity index (χ0v) is 19.9. The number of oxazole rings is 1. The Balaban J connectivity index is 1.24. The minimum atomic E-state index is -0.0390. The lowest BCUT2D eigenvalue weighted by Gasteiger charge is -2.32. The molecule has 6 heteroatoms. The van der Waals surface area contributed by atoms with Crippen LogP contribution < -0.4 is 5.32 Å². The molecule has 0 radical (unpaired) electrons. The van der Waals surface area contributed by atoms with E-state index < -0.39 is 0 Å². The molecule has 0 unspecified atom stereocenters. The summed E-state index contributed by atoms with van der Waals surface area (Å²) in [4.78, 5) is 21.6. The minimum absolute atomic E-state index is 0.0390. The standard InChI is InChI=1S/C27H34N4O2/c1-20(2)22-6-8-23(9-7-22)25-18-28-27(33-25)13-12-26(32)29-24-10-4-21(5-11-24)19-31-16-14-30(3)15-17-31/h4-11,18,20H,12-17,19H2,1-3H3,(H,29,32). The fourth-order valence-electron chi connectivity index (χ4n) is 3.99. The number of rotatable bonds is 8. The third-order valence-electron chi connectivity index (χ3n) is 6.22. The molecule has 1 aromatic heterocycles. The molecule has 33 heavy (non-hydrogen) atoms. The zero-order chi connectivity index (χ0) is 23.2. The van der Waals surface area contributed by atoms with Crippen molar-refractivity contribution in [3.05, 3.63) is 71.7 Å². The van der Waals surface area contributed by atoms with Crippen LogP contribution in [0.15, 0.2) is 59.1 Å².